The topological polar surface area (TPSA) is 38.3 Å². The van der Waals surface area contributed by atoms with Gasteiger partial charge in [-0.2, -0.15) is 0 Å². The van der Waals surface area contributed by atoms with Crippen LogP contribution in [0.15, 0.2) is 6.07 Å². The number of ether oxygens (including phenoxy) is 1. The zero-order chi connectivity index (χ0) is 14.2. The number of carbonyl (C=O) groups excluding carboxylic acids is 1. The van der Waals surface area contributed by atoms with Crippen molar-refractivity contribution in [3.05, 3.63) is 33.9 Å². The second kappa shape index (κ2) is 5.33. The van der Waals surface area contributed by atoms with Crippen LogP contribution in [0.5, 0.6) is 0 Å². The standard InChI is InChI=1S/C16H23NO2/c1-9-8-10(2)12(4)14(11(9)3)15(16(18)19-5)17-13-6-7-13/h8,13,15,17H,6-7H2,1-5H3. The number of hydrogen-bond acceptors (Lipinski definition) is 3. The van der Waals surface area contributed by atoms with Crippen LogP contribution >= 0.6 is 0 Å². The Hall–Kier alpha value is -1.35. The van der Waals surface area contributed by atoms with E-state index in [4.69, 9.17) is 4.74 Å². The van der Waals surface area contributed by atoms with Crippen LogP contribution in [0.25, 0.3) is 0 Å². The van der Waals surface area contributed by atoms with Crippen molar-refractivity contribution in [2.45, 2.75) is 52.6 Å². The van der Waals surface area contributed by atoms with Gasteiger partial charge in [0, 0.05) is 6.04 Å². The van der Waals surface area contributed by atoms with Crippen molar-refractivity contribution in [3.8, 4) is 0 Å². The Kier molecular flexibility index (Phi) is 3.95. The molecule has 1 aromatic carbocycles. The fourth-order valence-electron chi connectivity index (χ4n) is 2.55. The summed E-state index contributed by atoms with van der Waals surface area (Å²) in [6.45, 7) is 8.36. The van der Waals surface area contributed by atoms with Crippen LogP contribution in [0, 0.1) is 27.7 Å². The van der Waals surface area contributed by atoms with Crippen molar-refractivity contribution in [2.75, 3.05) is 7.11 Å². The van der Waals surface area contributed by atoms with Crippen molar-refractivity contribution in [3.63, 3.8) is 0 Å². The van der Waals surface area contributed by atoms with Crippen molar-refractivity contribution < 1.29 is 9.53 Å². The smallest absolute Gasteiger partial charge is 0.327 e. The summed E-state index contributed by atoms with van der Waals surface area (Å²) < 4.78 is 4.98. The molecule has 1 atom stereocenters. The monoisotopic (exact) mass is 261 g/mol. The van der Waals surface area contributed by atoms with Crippen molar-refractivity contribution >= 4 is 5.97 Å². The molecule has 0 bridgehead atoms. The zero-order valence-electron chi connectivity index (χ0n) is 12.5. The van der Waals surface area contributed by atoms with Crippen LogP contribution in [0.3, 0.4) is 0 Å². The number of benzene rings is 1. The Bertz CT molecular complexity index is 478. The molecule has 2 rings (SSSR count). The first-order chi connectivity index (χ1) is 8.95. The van der Waals surface area contributed by atoms with Crippen LogP contribution < -0.4 is 5.32 Å². The van der Waals surface area contributed by atoms with Gasteiger partial charge in [-0.25, -0.2) is 4.79 Å². The van der Waals surface area contributed by atoms with Crippen LogP contribution in [0.4, 0.5) is 0 Å². The lowest BCUT2D eigenvalue weighted by molar-refractivity contribution is -0.143. The van der Waals surface area contributed by atoms with Gasteiger partial charge in [0.05, 0.1) is 7.11 Å². The number of carbonyl (C=O) groups is 1. The van der Waals surface area contributed by atoms with Crippen molar-refractivity contribution in [1.29, 1.82) is 0 Å². The van der Waals surface area contributed by atoms with Gasteiger partial charge in [-0.1, -0.05) is 6.07 Å². The van der Waals surface area contributed by atoms with E-state index in [-0.39, 0.29) is 12.0 Å². The minimum atomic E-state index is -0.337. The van der Waals surface area contributed by atoms with E-state index in [0.717, 1.165) is 18.4 Å². The quantitative estimate of drug-likeness (QED) is 0.847. The molecule has 1 aromatic rings. The molecule has 0 saturated heterocycles. The minimum Gasteiger partial charge on any atom is -0.468 e. The maximum atomic E-state index is 12.1. The van der Waals surface area contributed by atoms with Gasteiger partial charge in [0.2, 0.25) is 0 Å². The Labute approximate surface area is 115 Å². The Balaban J connectivity index is 2.47. The number of nitrogens with one attached hydrogen (secondary N) is 1. The highest BCUT2D eigenvalue weighted by molar-refractivity contribution is 5.79. The molecule has 3 nitrogen and oxygen atoms in total. The van der Waals surface area contributed by atoms with E-state index < -0.39 is 0 Å². The number of aryl methyl sites for hydroxylation is 2. The summed E-state index contributed by atoms with van der Waals surface area (Å²) in [4.78, 5) is 12.1. The van der Waals surface area contributed by atoms with E-state index in [1.54, 1.807) is 0 Å². The summed E-state index contributed by atoms with van der Waals surface area (Å²) in [5, 5.41) is 3.42. The van der Waals surface area contributed by atoms with Gasteiger partial charge >= 0.3 is 5.97 Å². The molecule has 0 heterocycles. The van der Waals surface area contributed by atoms with E-state index in [0.29, 0.717) is 6.04 Å². The molecule has 0 amide bonds. The highest BCUT2D eigenvalue weighted by Gasteiger charge is 2.32. The molecule has 19 heavy (non-hydrogen) atoms. The fraction of sp³-hybridized carbons (Fsp3) is 0.562. The van der Waals surface area contributed by atoms with Crippen molar-refractivity contribution in [1.82, 2.24) is 5.32 Å². The van der Waals surface area contributed by atoms with Crippen LogP contribution in [0.1, 0.15) is 46.7 Å². The molecule has 0 spiro atoms. The summed E-state index contributed by atoms with van der Waals surface area (Å²) in [5.74, 6) is -0.192. The zero-order valence-corrected chi connectivity index (χ0v) is 12.5. The normalized spacial score (nSPS) is 16.3. The SMILES string of the molecule is COC(=O)C(NC1CC1)c1c(C)c(C)cc(C)c1C. The van der Waals surface area contributed by atoms with E-state index in [9.17, 15) is 4.79 Å². The number of methoxy groups -OCH3 is 1. The van der Waals surface area contributed by atoms with Gasteiger partial charge in [-0.3, -0.25) is 5.32 Å². The first-order valence-corrected chi connectivity index (χ1v) is 6.87. The van der Waals surface area contributed by atoms with Crippen molar-refractivity contribution in [2.24, 2.45) is 0 Å². The average Bonchev–Trinajstić information content (AvgIpc) is 3.18. The summed E-state index contributed by atoms with van der Waals surface area (Å²) >= 11 is 0. The van der Waals surface area contributed by atoms with Gasteiger partial charge in [-0.05, 0) is 68.4 Å². The van der Waals surface area contributed by atoms with E-state index in [1.807, 2.05) is 0 Å². The lowest BCUT2D eigenvalue weighted by Crippen LogP contribution is -2.32. The Morgan fingerprint density at radius 1 is 1.21 bits per heavy atom. The molecular formula is C16H23NO2. The van der Waals surface area contributed by atoms with Gasteiger partial charge in [0.1, 0.15) is 6.04 Å². The highest BCUT2D eigenvalue weighted by atomic mass is 16.5. The molecule has 1 aliphatic rings. The second-order valence-electron chi connectivity index (χ2n) is 5.57. The van der Waals surface area contributed by atoms with Gasteiger partial charge in [0.15, 0.2) is 0 Å². The second-order valence-corrected chi connectivity index (χ2v) is 5.57. The number of esters is 1. The first-order valence-electron chi connectivity index (χ1n) is 6.87. The maximum absolute atomic E-state index is 12.1. The molecular weight excluding hydrogens is 238 g/mol. The molecule has 1 fully saturated rings. The average molecular weight is 261 g/mol. The molecule has 104 valence electrons. The van der Waals surface area contributed by atoms with E-state index in [2.05, 4.69) is 39.1 Å². The molecule has 0 aromatic heterocycles. The molecule has 0 radical (unpaired) electrons. The van der Waals surface area contributed by atoms with Gasteiger partial charge in [-0.15, -0.1) is 0 Å². The summed E-state index contributed by atoms with van der Waals surface area (Å²) in [6, 6.07) is 2.31. The van der Waals surface area contributed by atoms with Crippen LogP contribution in [0.2, 0.25) is 0 Å². The predicted molar refractivity (Wildman–Crippen MR) is 76.3 cm³/mol. The van der Waals surface area contributed by atoms with Gasteiger partial charge < -0.3 is 4.74 Å². The summed E-state index contributed by atoms with van der Waals surface area (Å²) in [7, 11) is 1.46. The fourth-order valence-corrected chi connectivity index (χ4v) is 2.55. The lowest BCUT2D eigenvalue weighted by atomic mass is 9.89. The third-order valence-electron chi connectivity index (χ3n) is 4.13. The predicted octanol–water partition coefficient (Wildman–Crippen LogP) is 2.89. The van der Waals surface area contributed by atoms with Crippen LogP contribution in [-0.2, 0) is 9.53 Å². The van der Waals surface area contributed by atoms with E-state index in [1.165, 1.54) is 29.4 Å². The Morgan fingerprint density at radius 3 is 2.16 bits per heavy atom. The summed E-state index contributed by atoms with van der Waals surface area (Å²) in [6.07, 6.45) is 2.30. The molecule has 1 N–H and O–H groups in total. The lowest BCUT2D eigenvalue weighted by Gasteiger charge is -2.23. The number of hydrogen-bond donors (Lipinski definition) is 1. The molecule has 3 heteroatoms. The van der Waals surface area contributed by atoms with E-state index >= 15 is 0 Å². The number of rotatable bonds is 4. The molecule has 1 unspecified atom stereocenters. The molecule has 0 aliphatic heterocycles. The Morgan fingerprint density at radius 2 is 1.74 bits per heavy atom. The highest BCUT2D eigenvalue weighted by Crippen LogP contribution is 2.31. The van der Waals surface area contributed by atoms with Gasteiger partial charge in [0.25, 0.3) is 0 Å². The maximum Gasteiger partial charge on any atom is 0.327 e. The third kappa shape index (κ3) is 2.81. The first kappa shape index (κ1) is 14.1. The largest absolute Gasteiger partial charge is 0.468 e. The summed E-state index contributed by atoms with van der Waals surface area (Å²) in [5.41, 5.74) is 5.92. The minimum absolute atomic E-state index is 0.192. The third-order valence-corrected chi connectivity index (χ3v) is 4.13. The molecule has 1 saturated carbocycles. The van der Waals surface area contributed by atoms with Crippen LogP contribution in [-0.4, -0.2) is 19.1 Å². The molecule has 1 aliphatic carbocycles.